The maximum Gasteiger partial charge on any atom is 0.228 e. The van der Waals surface area contributed by atoms with E-state index < -0.39 is 0 Å². The summed E-state index contributed by atoms with van der Waals surface area (Å²) in [7, 11) is 0. The fraction of sp³-hybridized carbons (Fsp3) is 0.524. The number of unbranched alkanes of at least 4 members (excludes halogenated alkanes) is 1. The summed E-state index contributed by atoms with van der Waals surface area (Å²) in [5.41, 5.74) is 2.19. The Morgan fingerprint density at radius 2 is 2.23 bits per heavy atom. The SMILES string of the molecule is CCCCn1ccnc1-c1cccc(NC(=O)C2CC23CCNCC3)c1. The van der Waals surface area contributed by atoms with Crippen LogP contribution >= 0.6 is 0 Å². The molecule has 2 aromatic rings. The number of piperidine rings is 1. The van der Waals surface area contributed by atoms with Gasteiger partial charge in [0.25, 0.3) is 0 Å². The molecule has 138 valence electrons. The number of carbonyl (C=O) groups is 1. The van der Waals surface area contributed by atoms with Crippen molar-refractivity contribution >= 4 is 11.6 Å². The molecular formula is C21H28N4O. The van der Waals surface area contributed by atoms with Crippen molar-refractivity contribution in [3.63, 3.8) is 0 Å². The minimum atomic E-state index is 0.179. The van der Waals surface area contributed by atoms with Crippen LogP contribution in [-0.2, 0) is 11.3 Å². The third-order valence-corrected chi connectivity index (χ3v) is 5.96. The molecule has 2 heterocycles. The van der Waals surface area contributed by atoms with Gasteiger partial charge in [0, 0.05) is 36.1 Å². The molecule has 1 atom stereocenters. The summed E-state index contributed by atoms with van der Waals surface area (Å²) in [5, 5.41) is 6.54. The van der Waals surface area contributed by atoms with Gasteiger partial charge in [-0.2, -0.15) is 0 Å². The van der Waals surface area contributed by atoms with Crippen LogP contribution in [0.15, 0.2) is 36.7 Å². The molecule has 1 aromatic heterocycles. The first kappa shape index (κ1) is 17.3. The molecule has 1 spiro atoms. The van der Waals surface area contributed by atoms with E-state index in [-0.39, 0.29) is 17.2 Å². The molecule has 5 heteroatoms. The second-order valence-corrected chi connectivity index (χ2v) is 7.74. The zero-order valence-electron chi connectivity index (χ0n) is 15.5. The summed E-state index contributed by atoms with van der Waals surface area (Å²) < 4.78 is 2.19. The Hall–Kier alpha value is -2.14. The second kappa shape index (κ2) is 7.23. The summed E-state index contributed by atoms with van der Waals surface area (Å²) in [6.45, 7) is 5.25. The molecule has 4 rings (SSSR count). The highest BCUT2D eigenvalue weighted by Gasteiger charge is 2.57. The average molecular weight is 352 g/mol. The molecule has 1 amide bonds. The van der Waals surface area contributed by atoms with Crippen LogP contribution in [0.5, 0.6) is 0 Å². The van der Waals surface area contributed by atoms with Crippen LogP contribution < -0.4 is 10.6 Å². The van der Waals surface area contributed by atoms with Gasteiger partial charge in [-0.25, -0.2) is 4.98 Å². The molecule has 1 saturated carbocycles. The minimum absolute atomic E-state index is 0.179. The fourth-order valence-corrected chi connectivity index (χ4v) is 4.24. The van der Waals surface area contributed by atoms with Crippen LogP contribution in [0.25, 0.3) is 11.4 Å². The van der Waals surface area contributed by atoms with E-state index in [0.29, 0.717) is 0 Å². The first-order valence-electron chi connectivity index (χ1n) is 9.85. The molecule has 5 nitrogen and oxygen atoms in total. The number of rotatable bonds is 6. The van der Waals surface area contributed by atoms with Crippen molar-refractivity contribution in [2.45, 2.75) is 45.6 Å². The number of benzene rings is 1. The normalized spacial score (nSPS) is 20.9. The molecule has 2 aliphatic rings. The van der Waals surface area contributed by atoms with Gasteiger partial charge in [0.15, 0.2) is 0 Å². The highest BCUT2D eigenvalue weighted by molar-refractivity contribution is 5.95. The Labute approximate surface area is 155 Å². The average Bonchev–Trinajstić information content (AvgIpc) is 3.14. The first-order chi connectivity index (χ1) is 12.7. The summed E-state index contributed by atoms with van der Waals surface area (Å²) >= 11 is 0. The number of aromatic nitrogens is 2. The van der Waals surface area contributed by atoms with E-state index in [1.54, 1.807) is 0 Å². The van der Waals surface area contributed by atoms with Crippen LogP contribution in [0.4, 0.5) is 5.69 Å². The van der Waals surface area contributed by atoms with Gasteiger partial charge in [-0.05, 0) is 56.3 Å². The Bertz CT molecular complexity index is 776. The van der Waals surface area contributed by atoms with Gasteiger partial charge in [0.1, 0.15) is 5.82 Å². The standard InChI is InChI=1S/C21H28N4O/c1-2-3-12-25-13-11-23-19(25)16-5-4-6-17(14-16)24-20(26)18-15-21(18)7-9-22-10-8-21/h4-6,11,13-14,18,22H,2-3,7-10,12,15H2,1H3,(H,24,26). The van der Waals surface area contributed by atoms with Crippen molar-refractivity contribution in [1.29, 1.82) is 0 Å². The molecule has 0 radical (unpaired) electrons. The Balaban J connectivity index is 1.45. The Kier molecular flexibility index (Phi) is 4.81. The predicted molar refractivity (Wildman–Crippen MR) is 104 cm³/mol. The van der Waals surface area contributed by atoms with Crippen molar-refractivity contribution < 1.29 is 4.79 Å². The van der Waals surface area contributed by atoms with Crippen molar-refractivity contribution in [2.24, 2.45) is 11.3 Å². The van der Waals surface area contributed by atoms with Crippen molar-refractivity contribution in [3.05, 3.63) is 36.7 Å². The van der Waals surface area contributed by atoms with Gasteiger partial charge in [-0.15, -0.1) is 0 Å². The van der Waals surface area contributed by atoms with Gasteiger partial charge in [-0.3, -0.25) is 4.79 Å². The number of hydrogen-bond donors (Lipinski definition) is 2. The lowest BCUT2D eigenvalue weighted by atomic mass is 9.92. The van der Waals surface area contributed by atoms with Crippen molar-refractivity contribution in [1.82, 2.24) is 14.9 Å². The zero-order chi connectivity index (χ0) is 18.0. The molecule has 1 aliphatic heterocycles. The number of imidazole rings is 1. The number of aryl methyl sites for hydroxylation is 1. The summed E-state index contributed by atoms with van der Waals surface area (Å²) in [4.78, 5) is 17.2. The first-order valence-corrected chi connectivity index (χ1v) is 9.85. The van der Waals surface area contributed by atoms with Gasteiger partial charge in [-0.1, -0.05) is 25.5 Å². The number of anilines is 1. The van der Waals surface area contributed by atoms with Crippen LogP contribution in [0, 0.1) is 11.3 Å². The second-order valence-electron chi connectivity index (χ2n) is 7.74. The molecule has 1 aromatic carbocycles. The van der Waals surface area contributed by atoms with Gasteiger partial charge in [0.05, 0.1) is 0 Å². The fourth-order valence-electron chi connectivity index (χ4n) is 4.24. The Morgan fingerprint density at radius 3 is 3.04 bits per heavy atom. The van der Waals surface area contributed by atoms with E-state index in [1.165, 1.54) is 0 Å². The number of carbonyl (C=O) groups excluding carboxylic acids is 1. The lowest BCUT2D eigenvalue weighted by molar-refractivity contribution is -0.118. The van der Waals surface area contributed by atoms with Gasteiger partial charge < -0.3 is 15.2 Å². The molecule has 1 saturated heterocycles. The van der Waals surface area contributed by atoms with E-state index in [9.17, 15) is 4.79 Å². The smallest absolute Gasteiger partial charge is 0.228 e. The van der Waals surface area contributed by atoms with Gasteiger partial charge >= 0.3 is 0 Å². The number of hydrogen-bond acceptors (Lipinski definition) is 3. The quantitative estimate of drug-likeness (QED) is 0.834. The number of nitrogens with one attached hydrogen (secondary N) is 2. The lowest BCUT2D eigenvalue weighted by Crippen LogP contribution is -2.31. The highest BCUT2D eigenvalue weighted by atomic mass is 16.2. The number of amides is 1. The third-order valence-electron chi connectivity index (χ3n) is 5.96. The van der Waals surface area contributed by atoms with Crippen LogP contribution in [0.1, 0.15) is 39.0 Å². The van der Waals surface area contributed by atoms with Crippen LogP contribution in [-0.4, -0.2) is 28.5 Å². The third kappa shape index (κ3) is 3.40. The zero-order valence-corrected chi connectivity index (χ0v) is 15.5. The maximum atomic E-state index is 12.7. The van der Waals surface area contributed by atoms with E-state index in [1.807, 2.05) is 30.6 Å². The van der Waals surface area contributed by atoms with Crippen LogP contribution in [0.3, 0.4) is 0 Å². The van der Waals surface area contributed by atoms with E-state index in [0.717, 1.165) is 68.8 Å². The molecule has 2 N–H and O–H groups in total. The monoisotopic (exact) mass is 352 g/mol. The highest BCUT2D eigenvalue weighted by Crippen LogP contribution is 2.58. The molecule has 26 heavy (non-hydrogen) atoms. The lowest BCUT2D eigenvalue weighted by Gasteiger charge is -2.23. The molecular weight excluding hydrogens is 324 g/mol. The van der Waals surface area contributed by atoms with E-state index >= 15 is 0 Å². The largest absolute Gasteiger partial charge is 0.331 e. The van der Waals surface area contributed by atoms with Crippen molar-refractivity contribution in [2.75, 3.05) is 18.4 Å². The summed E-state index contributed by atoms with van der Waals surface area (Å²) in [5.74, 6) is 1.33. The molecule has 2 fully saturated rings. The van der Waals surface area contributed by atoms with E-state index in [4.69, 9.17) is 0 Å². The van der Waals surface area contributed by atoms with E-state index in [2.05, 4.69) is 33.2 Å². The number of nitrogens with zero attached hydrogens (tertiary/aromatic N) is 2. The van der Waals surface area contributed by atoms with Gasteiger partial charge in [0.2, 0.25) is 5.91 Å². The van der Waals surface area contributed by atoms with Crippen LogP contribution in [0.2, 0.25) is 0 Å². The van der Waals surface area contributed by atoms with Crippen molar-refractivity contribution in [3.8, 4) is 11.4 Å². The molecule has 1 unspecified atom stereocenters. The maximum absolute atomic E-state index is 12.7. The minimum Gasteiger partial charge on any atom is -0.331 e. The molecule has 1 aliphatic carbocycles. The Morgan fingerprint density at radius 1 is 1.38 bits per heavy atom. The summed E-state index contributed by atoms with van der Waals surface area (Å²) in [6.07, 6.45) is 9.47. The topological polar surface area (TPSA) is 59.0 Å². The predicted octanol–water partition coefficient (Wildman–Crippen LogP) is 3.68. The summed E-state index contributed by atoms with van der Waals surface area (Å²) in [6, 6.07) is 8.07. The molecule has 0 bridgehead atoms.